The number of carboxylic acid groups (broad SMARTS) is 1. The second kappa shape index (κ2) is 5.91. The van der Waals surface area contributed by atoms with Gasteiger partial charge in [-0.2, -0.15) is 13.2 Å². The first kappa shape index (κ1) is 17.4. The summed E-state index contributed by atoms with van der Waals surface area (Å²) >= 11 is 0. The highest BCUT2D eigenvalue weighted by molar-refractivity contribution is 5.95. The number of fused-ring (bicyclic) bond motifs is 1. The number of rotatable bonds is 3. The highest BCUT2D eigenvalue weighted by Gasteiger charge is 2.48. The Bertz CT molecular complexity index is 660. The highest BCUT2D eigenvalue weighted by Crippen LogP contribution is 2.40. The van der Waals surface area contributed by atoms with Gasteiger partial charge in [0.2, 0.25) is 6.10 Å². The van der Waals surface area contributed by atoms with Crippen LogP contribution in [0.2, 0.25) is 0 Å². The topological polar surface area (TPSA) is 46.5 Å². The van der Waals surface area contributed by atoms with Crippen molar-refractivity contribution >= 4 is 12.0 Å². The monoisotopic (exact) mass is 328 g/mol. The number of halogens is 3. The van der Waals surface area contributed by atoms with Gasteiger partial charge in [0.1, 0.15) is 5.75 Å². The quantitative estimate of drug-likeness (QED) is 0.886. The van der Waals surface area contributed by atoms with Crippen molar-refractivity contribution in [3.63, 3.8) is 0 Å². The van der Waals surface area contributed by atoms with E-state index in [1.807, 2.05) is 27.7 Å². The molecule has 0 radical (unpaired) electrons. The van der Waals surface area contributed by atoms with Gasteiger partial charge >= 0.3 is 12.1 Å². The maximum Gasteiger partial charge on any atom is 0.430 e. The van der Waals surface area contributed by atoms with Crippen LogP contribution in [-0.2, 0) is 4.79 Å². The molecule has 126 valence electrons. The predicted molar refractivity (Wildman–Crippen MR) is 80.5 cm³/mol. The zero-order chi connectivity index (χ0) is 17.5. The van der Waals surface area contributed by atoms with Gasteiger partial charge in [0, 0.05) is 5.56 Å². The van der Waals surface area contributed by atoms with E-state index in [1.165, 1.54) is 0 Å². The zero-order valence-electron chi connectivity index (χ0n) is 13.4. The van der Waals surface area contributed by atoms with Crippen LogP contribution in [0.4, 0.5) is 13.2 Å². The van der Waals surface area contributed by atoms with Crippen molar-refractivity contribution in [1.82, 2.24) is 0 Å². The van der Waals surface area contributed by atoms with E-state index in [1.54, 1.807) is 12.1 Å². The Morgan fingerprint density at radius 3 is 2.35 bits per heavy atom. The van der Waals surface area contributed by atoms with Crippen LogP contribution in [0, 0.1) is 12.8 Å². The third kappa shape index (κ3) is 3.35. The minimum atomic E-state index is -4.78. The minimum absolute atomic E-state index is 0.0745. The number of hydrogen-bond acceptors (Lipinski definition) is 2. The lowest BCUT2D eigenvalue weighted by Gasteiger charge is -2.29. The molecule has 1 unspecified atom stereocenters. The van der Waals surface area contributed by atoms with Crippen molar-refractivity contribution in [2.24, 2.45) is 5.92 Å². The van der Waals surface area contributed by atoms with Gasteiger partial charge in [0.15, 0.2) is 0 Å². The van der Waals surface area contributed by atoms with E-state index in [2.05, 4.69) is 0 Å². The number of carboxylic acids is 1. The van der Waals surface area contributed by atoms with Crippen LogP contribution in [0.15, 0.2) is 17.7 Å². The molecule has 3 nitrogen and oxygen atoms in total. The lowest BCUT2D eigenvalue weighted by Crippen LogP contribution is -2.40. The highest BCUT2D eigenvalue weighted by atomic mass is 19.4. The molecular weight excluding hydrogens is 309 g/mol. The zero-order valence-corrected chi connectivity index (χ0v) is 13.4. The fourth-order valence-corrected chi connectivity index (χ4v) is 2.64. The third-order valence-corrected chi connectivity index (χ3v) is 4.27. The second-order valence-corrected chi connectivity index (χ2v) is 6.22. The normalized spacial score (nSPS) is 19.0. The largest absolute Gasteiger partial charge is 0.478 e. The van der Waals surface area contributed by atoms with E-state index >= 15 is 0 Å². The van der Waals surface area contributed by atoms with Gasteiger partial charge in [-0.1, -0.05) is 20.8 Å². The molecule has 0 amide bonds. The number of hydrogen-bond donors (Lipinski definition) is 1. The molecule has 1 aliphatic heterocycles. The van der Waals surface area contributed by atoms with Crippen molar-refractivity contribution in [2.75, 3.05) is 0 Å². The summed E-state index contributed by atoms with van der Waals surface area (Å²) in [6.45, 7) is 7.93. The summed E-state index contributed by atoms with van der Waals surface area (Å²) in [6, 6.07) is 3.28. The Labute approximate surface area is 132 Å². The summed E-state index contributed by atoms with van der Waals surface area (Å²) in [4.78, 5) is 11.1. The SMILES string of the molecule is Cc1cc2c(cc1C(C)C(C)C)O[C@H](C(F)(F)F)C(C(=O)O)=C2. The summed E-state index contributed by atoms with van der Waals surface area (Å²) in [6.07, 6.45) is -6.18. The molecule has 0 aromatic heterocycles. The Balaban J connectivity index is 2.56. The Morgan fingerprint density at radius 1 is 1.26 bits per heavy atom. The van der Waals surface area contributed by atoms with Gasteiger partial charge in [-0.25, -0.2) is 4.79 Å². The van der Waals surface area contributed by atoms with Crippen LogP contribution in [0.3, 0.4) is 0 Å². The average Bonchev–Trinajstić information content (AvgIpc) is 2.43. The Kier molecular flexibility index (Phi) is 4.46. The molecular formula is C17H19F3O3. The molecule has 0 saturated heterocycles. The second-order valence-electron chi connectivity index (χ2n) is 6.22. The first-order chi connectivity index (χ1) is 10.5. The third-order valence-electron chi connectivity index (χ3n) is 4.27. The number of carbonyl (C=O) groups is 1. The van der Waals surface area contributed by atoms with Crippen LogP contribution in [-0.4, -0.2) is 23.4 Å². The molecule has 1 aliphatic rings. The van der Waals surface area contributed by atoms with Crippen LogP contribution in [0.25, 0.3) is 6.08 Å². The molecule has 1 aromatic rings. The summed E-state index contributed by atoms with van der Waals surface area (Å²) in [5.74, 6) is -1.09. The van der Waals surface area contributed by atoms with Gasteiger partial charge in [0.25, 0.3) is 0 Å². The van der Waals surface area contributed by atoms with Gasteiger partial charge < -0.3 is 9.84 Å². The molecule has 0 spiro atoms. The number of aryl methyl sites for hydroxylation is 1. The lowest BCUT2D eigenvalue weighted by atomic mass is 9.86. The van der Waals surface area contributed by atoms with E-state index < -0.39 is 23.8 Å². The van der Waals surface area contributed by atoms with Crippen molar-refractivity contribution in [2.45, 2.75) is 45.9 Å². The Hall–Kier alpha value is -1.98. The average molecular weight is 328 g/mol. The van der Waals surface area contributed by atoms with Crippen LogP contribution >= 0.6 is 0 Å². The van der Waals surface area contributed by atoms with Crippen LogP contribution in [0.5, 0.6) is 5.75 Å². The fraction of sp³-hybridized carbons (Fsp3) is 0.471. The number of benzene rings is 1. The van der Waals surface area contributed by atoms with Gasteiger partial charge in [-0.15, -0.1) is 0 Å². The first-order valence-corrected chi connectivity index (χ1v) is 7.35. The molecule has 6 heteroatoms. The molecule has 2 atom stereocenters. The van der Waals surface area contributed by atoms with E-state index in [0.717, 1.165) is 17.2 Å². The van der Waals surface area contributed by atoms with Gasteiger partial charge in [-0.05, 0) is 48.1 Å². The van der Waals surface area contributed by atoms with Crippen molar-refractivity contribution in [3.8, 4) is 5.75 Å². The molecule has 0 aliphatic carbocycles. The molecule has 1 N–H and O–H groups in total. The van der Waals surface area contributed by atoms with Gasteiger partial charge in [-0.3, -0.25) is 0 Å². The van der Waals surface area contributed by atoms with Crippen molar-refractivity contribution in [1.29, 1.82) is 0 Å². The summed E-state index contributed by atoms with van der Waals surface area (Å²) in [7, 11) is 0. The first-order valence-electron chi connectivity index (χ1n) is 7.35. The number of ether oxygens (including phenoxy) is 1. The van der Waals surface area contributed by atoms with E-state index in [9.17, 15) is 18.0 Å². The standard InChI is InChI=1S/C17H19F3O3/c1-8(2)10(4)12-7-14-11(5-9(12)3)6-13(16(21)22)15(23-14)17(18,19)20/h5-8,10,15H,1-4H3,(H,21,22)/t10?,15-/m0/s1. The number of alkyl halides is 3. The summed E-state index contributed by atoms with van der Waals surface area (Å²) < 4.78 is 44.3. The lowest BCUT2D eigenvalue weighted by molar-refractivity contribution is -0.187. The van der Waals surface area contributed by atoms with E-state index in [4.69, 9.17) is 9.84 Å². The molecule has 23 heavy (non-hydrogen) atoms. The predicted octanol–water partition coefficient (Wildman–Crippen LogP) is 4.55. The number of aliphatic carboxylic acids is 1. The smallest absolute Gasteiger partial charge is 0.430 e. The fourth-order valence-electron chi connectivity index (χ4n) is 2.64. The maximum atomic E-state index is 13.1. The van der Waals surface area contributed by atoms with Crippen LogP contribution < -0.4 is 4.74 Å². The van der Waals surface area contributed by atoms with E-state index in [-0.39, 0.29) is 11.7 Å². The molecule has 2 rings (SSSR count). The van der Waals surface area contributed by atoms with E-state index in [0.29, 0.717) is 11.5 Å². The van der Waals surface area contributed by atoms with Crippen molar-refractivity contribution < 1.29 is 27.8 Å². The van der Waals surface area contributed by atoms with Crippen LogP contribution in [0.1, 0.15) is 43.4 Å². The van der Waals surface area contributed by atoms with Crippen molar-refractivity contribution in [3.05, 3.63) is 34.4 Å². The minimum Gasteiger partial charge on any atom is -0.478 e. The summed E-state index contributed by atoms with van der Waals surface area (Å²) in [5.41, 5.74) is 1.38. The molecule has 1 heterocycles. The molecule has 0 saturated carbocycles. The summed E-state index contributed by atoms with van der Waals surface area (Å²) in [5, 5.41) is 9.03. The molecule has 1 aromatic carbocycles. The molecule has 0 bridgehead atoms. The maximum absolute atomic E-state index is 13.1. The Morgan fingerprint density at radius 2 is 1.87 bits per heavy atom. The van der Waals surface area contributed by atoms with Gasteiger partial charge in [0.05, 0.1) is 5.57 Å². The molecule has 0 fully saturated rings.